The summed E-state index contributed by atoms with van der Waals surface area (Å²) in [6, 6.07) is 3.77. The average Bonchev–Trinajstić information content (AvgIpc) is 2.78. The van der Waals surface area contributed by atoms with Crippen LogP contribution in [-0.2, 0) is 10.0 Å². The molecule has 23 heavy (non-hydrogen) atoms. The van der Waals surface area contributed by atoms with Crippen LogP contribution < -0.4 is 15.4 Å². The molecule has 0 aliphatic rings. The van der Waals surface area contributed by atoms with Crippen molar-refractivity contribution in [1.82, 2.24) is 15.4 Å². The summed E-state index contributed by atoms with van der Waals surface area (Å²) in [7, 11) is -1.61. The van der Waals surface area contributed by atoms with Gasteiger partial charge in [-0.1, -0.05) is 0 Å². The lowest BCUT2D eigenvalue weighted by molar-refractivity contribution is 0.431. The molecule has 0 fully saturated rings. The van der Waals surface area contributed by atoms with E-state index in [1.807, 2.05) is 26.0 Å². The molecule has 0 saturated carbocycles. The van der Waals surface area contributed by atoms with Crippen molar-refractivity contribution in [3.63, 3.8) is 0 Å². The molecule has 134 valence electrons. The van der Waals surface area contributed by atoms with E-state index in [0.29, 0.717) is 12.5 Å². The van der Waals surface area contributed by atoms with Crippen LogP contribution in [0.2, 0.25) is 0 Å². The Hall–Kier alpha value is -0.810. The van der Waals surface area contributed by atoms with E-state index in [4.69, 9.17) is 4.42 Å². The minimum Gasteiger partial charge on any atom is -0.464 e. The number of furan rings is 1. The van der Waals surface area contributed by atoms with E-state index in [1.165, 1.54) is 0 Å². The Morgan fingerprint density at radius 1 is 1.39 bits per heavy atom. The van der Waals surface area contributed by atoms with Crippen molar-refractivity contribution in [2.45, 2.75) is 39.3 Å². The van der Waals surface area contributed by atoms with Crippen LogP contribution in [0.1, 0.15) is 38.3 Å². The third-order valence-electron chi connectivity index (χ3n) is 2.92. The predicted octanol–water partition coefficient (Wildman–Crippen LogP) is 1.76. The Labute approximate surface area is 155 Å². The smallest absolute Gasteiger partial charge is 0.209 e. The van der Waals surface area contributed by atoms with Gasteiger partial charge in [-0.15, -0.1) is 24.0 Å². The first-order chi connectivity index (χ1) is 10.0. The van der Waals surface area contributed by atoms with Gasteiger partial charge in [0.05, 0.1) is 12.3 Å². The zero-order valence-corrected chi connectivity index (χ0v) is 17.6. The molecule has 1 heterocycles. The van der Waals surface area contributed by atoms with Gasteiger partial charge in [0.1, 0.15) is 11.5 Å². The lowest BCUT2D eigenvalue weighted by Crippen LogP contribution is -2.53. The number of halogens is 1. The molecule has 1 aromatic heterocycles. The van der Waals surface area contributed by atoms with Crippen LogP contribution in [0.15, 0.2) is 21.5 Å². The highest BCUT2D eigenvalue weighted by molar-refractivity contribution is 14.0. The standard InChI is InChI=1S/C14H26N4O3S.HI/c1-10-7-8-12(21-10)11(2)17-13(15-5)16-9-14(3,4)18-22(6,19)20;/h7-8,11,18H,9H2,1-6H3,(H2,15,16,17);1H. The summed E-state index contributed by atoms with van der Waals surface area (Å²) in [5, 5.41) is 6.31. The van der Waals surface area contributed by atoms with E-state index < -0.39 is 15.6 Å². The van der Waals surface area contributed by atoms with Crippen LogP contribution >= 0.6 is 24.0 Å². The first-order valence-corrected chi connectivity index (χ1v) is 8.94. The van der Waals surface area contributed by atoms with E-state index in [2.05, 4.69) is 20.3 Å². The van der Waals surface area contributed by atoms with Gasteiger partial charge in [-0.3, -0.25) is 4.99 Å². The van der Waals surface area contributed by atoms with Crippen molar-refractivity contribution in [1.29, 1.82) is 0 Å². The number of aryl methyl sites for hydroxylation is 1. The molecular formula is C14H27IN4O3S. The van der Waals surface area contributed by atoms with Gasteiger partial charge in [0.25, 0.3) is 0 Å². The normalized spacial score (nSPS) is 14.1. The highest BCUT2D eigenvalue weighted by Gasteiger charge is 2.22. The zero-order valence-electron chi connectivity index (χ0n) is 14.4. The predicted molar refractivity (Wildman–Crippen MR) is 104 cm³/mol. The minimum atomic E-state index is -3.26. The summed E-state index contributed by atoms with van der Waals surface area (Å²) in [5.74, 6) is 2.24. The molecule has 0 aliphatic carbocycles. The number of sulfonamides is 1. The number of hydrogen-bond acceptors (Lipinski definition) is 4. The molecule has 9 heteroatoms. The van der Waals surface area contributed by atoms with Crippen LogP contribution in [0.5, 0.6) is 0 Å². The highest BCUT2D eigenvalue weighted by atomic mass is 127. The lowest BCUT2D eigenvalue weighted by atomic mass is 10.1. The Balaban J connectivity index is 0.00000484. The fourth-order valence-electron chi connectivity index (χ4n) is 2.00. The molecule has 0 radical (unpaired) electrons. The third-order valence-corrected chi connectivity index (χ3v) is 3.85. The Morgan fingerprint density at radius 2 is 2.00 bits per heavy atom. The number of rotatable bonds is 6. The van der Waals surface area contributed by atoms with Gasteiger partial charge in [-0.2, -0.15) is 0 Å². The van der Waals surface area contributed by atoms with E-state index in [0.717, 1.165) is 17.8 Å². The second-order valence-electron chi connectivity index (χ2n) is 6.00. The van der Waals surface area contributed by atoms with Crippen molar-refractivity contribution in [3.05, 3.63) is 23.7 Å². The maximum atomic E-state index is 11.3. The summed E-state index contributed by atoms with van der Waals surface area (Å²) in [5.41, 5.74) is -0.629. The molecule has 0 spiro atoms. The van der Waals surface area contributed by atoms with Gasteiger partial charge in [0.2, 0.25) is 10.0 Å². The molecule has 1 aromatic rings. The largest absolute Gasteiger partial charge is 0.464 e. The number of guanidine groups is 1. The Bertz CT molecular complexity index is 626. The first-order valence-electron chi connectivity index (χ1n) is 7.05. The molecule has 7 nitrogen and oxygen atoms in total. The molecule has 0 saturated heterocycles. The quantitative estimate of drug-likeness (QED) is 0.343. The zero-order chi connectivity index (χ0) is 17.0. The van der Waals surface area contributed by atoms with Gasteiger partial charge in [-0.05, 0) is 39.8 Å². The monoisotopic (exact) mass is 458 g/mol. The van der Waals surface area contributed by atoms with Crippen LogP contribution in [0.4, 0.5) is 0 Å². The van der Waals surface area contributed by atoms with Crippen LogP contribution in [0.3, 0.4) is 0 Å². The van der Waals surface area contributed by atoms with Gasteiger partial charge in [0, 0.05) is 19.1 Å². The maximum Gasteiger partial charge on any atom is 0.209 e. The van der Waals surface area contributed by atoms with Gasteiger partial charge in [-0.25, -0.2) is 13.1 Å². The molecule has 3 N–H and O–H groups in total. The molecule has 1 unspecified atom stereocenters. The molecule has 0 amide bonds. The van der Waals surface area contributed by atoms with Gasteiger partial charge in [0.15, 0.2) is 5.96 Å². The van der Waals surface area contributed by atoms with E-state index in [9.17, 15) is 8.42 Å². The topological polar surface area (TPSA) is 95.7 Å². The van der Waals surface area contributed by atoms with Crippen molar-refractivity contribution in [3.8, 4) is 0 Å². The molecule has 0 aromatic carbocycles. The summed E-state index contributed by atoms with van der Waals surface area (Å²) >= 11 is 0. The van der Waals surface area contributed by atoms with Crippen molar-refractivity contribution in [2.24, 2.45) is 4.99 Å². The van der Waals surface area contributed by atoms with Gasteiger partial charge >= 0.3 is 0 Å². The summed E-state index contributed by atoms with van der Waals surface area (Å²) in [6.07, 6.45) is 1.14. The third kappa shape index (κ3) is 8.56. The summed E-state index contributed by atoms with van der Waals surface area (Å²) in [4.78, 5) is 4.14. The number of nitrogens with zero attached hydrogens (tertiary/aromatic N) is 1. The van der Waals surface area contributed by atoms with E-state index >= 15 is 0 Å². The Morgan fingerprint density at radius 3 is 2.43 bits per heavy atom. The summed E-state index contributed by atoms with van der Waals surface area (Å²) < 4.78 is 30.8. The Kier molecular flexibility index (Phi) is 8.57. The second-order valence-corrected chi connectivity index (χ2v) is 7.75. The van der Waals surface area contributed by atoms with E-state index in [-0.39, 0.29) is 30.0 Å². The minimum absolute atomic E-state index is 0. The second kappa shape index (κ2) is 8.88. The highest BCUT2D eigenvalue weighted by Crippen LogP contribution is 2.15. The SMILES string of the molecule is CN=C(NCC(C)(C)NS(C)(=O)=O)NC(C)c1ccc(C)o1.I. The fraction of sp³-hybridized carbons (Fsp3) is 0.643. The van der Waals surface area contributed by atoms with Crippen LogP contribution in [0.25, 0.3) is 0 Å². The molecule has 0 aliphatic heterocycles. The number of aliphatic imine (C=N–C) groups is 1. The van der Waals surface area contributed by atoms with E-state index in [1.54, 1.807) is 20.9 Å². The molecular weight excluding hydrogens is 431 g/mol. The lowest BCUT2D eigenvalue weighted by Gasteiger charge is -2.27. The first kappa shape index (κ1) is 22.2. The molecule has 0 bridgehead atoms. The number of hydrogen-bond donors (Lipinski definition) is 3. The van der Waals surface area contributed by atoms with Crippen LogP contribution in [0, 0.1) is 6.92 Å². The fourth-order valence-corrected chi connectivity index (χ4v) is 3.08. The maximum absolute atomic E-state index is 11.3. The van der Waals surface area contributed by atoms with Crippen molar-refractivity contribution < 1.29 is 12.8 Å². The summed E-state index contributed by atoms with van der Waals surface area (Å²) in [6.45, 7) is 7.85. The number of nitrogens with one attached hydrogen (secondary N) is 3. The molecule has 1 atom stereocenters. The van der Waals surface area contributed by atoms with Crippen molar-refractivity contribution >= 4 is 40.0 Å². The van der Waals surface area contributed by atoms with Crippen molar-refractivity contribution in [2.75, 3.05) is 19.8 Å². The molecule has 1 rings (SSSR count). The van der Waals surface area contributed by atoms with Crippen LogP contribution in [-0.4, -0.2) is 39.8 Å². The van der Waals surface area contributed by atoms with Gasteiger partial charge < -0.3 is 15.1 Å². The average molecular weight is 458 g/mol.